The molecule has 3 N–H and O–H groups in total. The summed E-state index contributed by atoms with van der Waals surface area (Å²) < 4.78 is 0. The number of hydrogen-bond acceptors (Lipinski definition) is 4. The monoisotopic (exact) mass is 678 g/mol. The smallest absolute Gasteiger partial charge is 0.189 e. The zero-order chi connectivity index (χ0) is 34.8. The van der Waals surface area contributed by atoms with Gasteiger partial charge in [-0.25, -0.2) is 0 Å². The molecule has 6 aliphatic carbocycles. The molecule has 1 unspecified atom stereocenters. The number of β-amino-alcohol motifs (C(OH)–C–C–N with tert-alkyl or cyclic N) is 1. The van der Waals surface area contributed by atoms with Crippen LogP contribution in [0.15, 0.2) is 103 Å². The van der Waals surface area contributed by atoms with E-state index >= 15 is 4.79 Å². The SMILES string of the molecule is C[C@]12CC[C@H]3[C@]4(C=C[C@@]5(C=C4C(=O)c4ccc(-c6ccccc6)cc4)CC(O)CC[C@]35C)[C@@H]1CC[C@@]2(O)CN1CCc2c([nH]c3ccccc23)C1. The first kappa shape index (κ1) is 31.9. The summed E-state index contributed by atoms with van der Waals surface area (Å²) in [6.45, 7) is 7.25. The highest BCUT2D eigenvalue weighted by Crippen LogP contribution is 2.78. The van der Waals surface area contributed by atoms with Crippen LogP contribution in [0.3, 0.4) is 0 Å². The maximum absolute atomic E-state index is 15.1. The molecule has 5 heteroatoms. The lowest BCUT2D eigenvalue weighted by Crippen LogP contribution is -2.67. The predicted octanol–water partition coefficient (Wildman–Crippen LogP) is 8.67. The van der Waals surface area contributed by atoms with Gasteiger partial charge in [-0.2, -0.15) is 0 Å². The fourth-order valence-electron chi connectivity index (χ4n) is 13.0. The van der Waals surface area contributed by atoms with Crippen molar-refractivity contribution in [3.8, 4) is 11.1 Å². The Hall–Kier alpha value is -3.77. The van der Waals surface area contributed by atoms with E-state index in [0.717, 1.165) is 80.3 Å². The van der Waals surface area contributed by atoms with Gasteiger partial charge in [-0.05, 0) is 91.4 Å². The number of nitrogens with one attached hydrogen (secondary N) is 1. The number of aromatic nitrogens is 1. The van der Waals surface area contributed by atoms with Crippen molar-refractivity contribution in [3.05, 3.63) is 119 Å². The number of carbonyl (C=O) groups is 1. The minimum absolute atomic E-state index is 0.0388. The van der Waals surface area contributed by atoms with Gasteiger partial charge < -0.3 is 15.2 Å². The molecule has 3 fully saturated rings. The number of aliphatic hydroxyl groups excluding tert-OH is 1. The molecule has 0 radical (unpaired) electrons. The third-order valence-corrected chi connectivity index (χ3v) is 15.7. The molecule has 2 spiro atoms. The van der Waals surface area contributed by atoms with Crippen molar-refractivity contribution in [2.24, 2.45) is 33.5 Å². The maximum Gasteiger partial charge on any atom is 0.189 e. The summed E-state index contributed by atoms with van der Waals surface area (Å²) in [7, 11) is 0. The van der Waals surface area contributed by atoms with Crippen LogP contribution in [0.25, 0.3) is 22.0 Å². The number of carbonyl (C=O) groups excluding carboxylic acids is 1. The second-order valence-corrected chi connectivity index (χ2v) is 17.7. The van der Waals surface area contributed by atoms with Gasteiger partial charge in [-0.1, -0.05) is 105 Å². The summed E-state index contributed by atoms with van der Waals surface area (Å²) in [6, 6.07) is 27.1. The Labute approximate surface area is 301 Å². The first-order chi connectivity index (χ1) is 24.6. The van der Waals surface area contributed by atoms with Gasteiger partial charge in [0.15, 0.2) is 5.78 Å². The molecule has 2 bridgehead atoms. The highest BCUT2D eigenvalue weighted by Gasteiger charge is 2.74. The molecule has 1 aliphatic heterocycles. The van der Waals surface area contributed by atoms with E-state index in [4.69, 9.17) is 0 Å². The summed E-state index contributed by atoms with van der Waals surface area (Å²) in [5.41, 5.74) is 5.81. The third-order valence-electron chi connectivity index (χ3n) is 15.7. The Bertz CT molecular complexity index is 2110. The number of nitrogens with zero attached hydrogens (tertiary/aromatic N) is 1. The van der Waals surface area contributed by atoms with E-state index in [1.54, 1.807) is 0 Å². The Morgan fingerprint density at radius 2 is 1.55 bits per heavy atom. The van der Waals surface area contributed by atoms with Crippen molar-refractivity contribution in [2.45, 2.75) is 83.5 Å². The van der Waals surface area contributed by atoms with Gasteiger partial charge in [-0.3, -0.25) is 9.69 Å². The van der Waals surface area contributed by atoms with E-state index in [-0.39, 0.29) is 34.1 Å². The standard InChI is InChI=1S/C46H50N2O3/c1-42-20-16-33(49)26-44(42)23-24-46(36(27-44)41(50)32-14-12-31(13-15-32)30-8-4-3-5-9-30)39(42)17-21-43(2)40(46)18-22-45(43,51)29-48-25-19-35-34-10-6-7-11-37(34)47-38(35)28-48/h3-15,23-24,27,33,39-40,47,49,51H,16-22,25-26,28-29H2,1-2H3/t33?,39-,40-,42-,43+,44+,45-,46-/m1/s1. The van der Waals surface area contributed by atoms with Crippen LogP contribution >= 0.6 is 0 Å². The molecular formula is C46H50N2O3. The molecule has 4 aromatic rings. The van der Waals surface area contributed by atoms with E-state index in [0.29, 0.717) is 18.9 Å². The summed E-state index contributed by atoms with van der Waals surface area (Å²) in [5, 5.41) is 25.4. The maximum atomic E-state index is 15.1. The summed E-state index contributed by atoms with van der Waals surface area (Å²) in [5.74, 6) is 0.561. The third kappa shape index (κ3) is 4.23. The molecule has 262 valence electrons. The molecule has 7 aliphatic rings. The average molecular weight is 679 g/mol. The quantitative estimate of drug-likeness (QED) is 0.146. The van der Waals surface area contributed by atoms with Crippen molar-refractivity contribution in [2.75, 3.05) is 13.1 Å². The fraction of sp³-hybridized carbons (Fsp3) is 0.457. The Morgan fingerprint density at radius 1 is 0.843 bits per heavy atom. The average Bonchev–Trinajstić information content (AvgIpc) is 3.65. The number of aromatic amines is 1. The zero-order valence-electron chi connectivity index (χ0n) is 30.0. The van der Waals surface area contributed by atoms with E-state index in [9.17, 15) is 10.2 Å². The van der Waals surface area contributed by atoms with Gasteiger partial charge in [0.05, 0.1) is 11.7 Å². The zero-order valence-corrected chi connectivity index (χ0v) is 30.0. The number of aliphatic hydroxyl groups is 2. The van der Waals surface area contributed by atoms with Gasteiger partial charge in [-0.15, -0.1) is 0 Å². The molecule has 5 nitrogen and oxygen atoms in total. The summed E-state index contributed by atoms with van der Waals surface area (Å²) >= 11 is 0. The number of Topliss-reactive ketones (excluding diaryl/α,β-unsaturated/α-hetero) is 1. The van der Waals surface area contributed by atoms with Crippen LogP contribution in [-0.4, -0.2) is 50.7 Å². The lowest BCUT2D eigenvalue weighted by Gasteiger charge is -2.71. The van der Waals surface area contributed by atoms with Gasteiger partial charge in [0.2, 0.25) is 0 Å². The van der Waals surface area contributed by atoms with Crippen LogP contribution in [0.5, 0.6) is 0 Å². The number of ketones is 1. The molecular weight excluding hydrogens is 629 g/mol. The van der Waals surface area contributed by atoms with Gasteiger partial charge in [0.25, 0.3) is 0 Å². The molecule has 8 atom stereocenters. The van der Waals surface area contributed by atoms with Crippen molar-refractivity contribution >= 4 is 16.7 Å². The lowest BCUT2D eigenvalue weighted by molar-refractivity contribution is -0.176. The van der Waals surface area contributed by atoms with Crippen LogP contribution in [0.1, 0.15) is 80.4 Å². The highest BCUT2D eigenvalue weighted by molar-refractivity contribution is 6.10. The molecule has 0 saturated heterocycles. The van der Waals surface area contributed by atoms with Crippen LogP contribution < -0.4 is 0 Å². The van der Waals surface area contributed by atoms with Gasteiger partial charge in [0, 0.05) is 63.6 Å². The van der Waals surface area contributed by atoms with Gasteiger partial charge >= 0.3 is 0 Å². The largest absolute Gasteiger partial charge is 0.393 e. The summed E-state index contributed by atoms with van der Waals surface area (Å²) in [6.07, 6.45) is 13.9. The minimum Gasteiger partial charge on any atom is -0.393 e. The van der Waals surface area contributed by atoms with Crippen molar-refractivity contribution < 1.29 is 15.0 Å². The Morgan fingerprint density at radius 3 is 2.37 bits per heavy atom. The molecule has 3 aromatic carbocycles. The van der Waals surface area contributed by atoms with Crippen LogP contribution in [0, 0.1) is 33.5 Å². The second-order valence-electron chi connectivity index (χ2n) is 17.7. The van der Waals surface area contributed by atoms with Crippen LogP contribution in [-0.2, 0) is 13.0 Å². The first-order valence-electron chi connectivity index (χ1n) is 19.4. The van der Waals surface area contributed by atoms with Crippen LogP contribution in [0.4, 0.5) is 0 Å². The number of allylic oxidation sites excluding steroid dienone is 4. The van der Waals surface area contributed by atoms with Crippen molar-refractivity contribution in [1.82, 2.24) is 9.88 Å². The summed E-state index contributed by atoms with van der Waals surface area (Å²) in [4.78, 5) is 21.2. The molecule has 0 amide bonds. The number of fused-ring (bicyclic) bond motifs is 4. The van der Waals surface area contributed by atoms with E-state index in [1.807, 2.05) is 30.3 Å². The fourth-order valence-corrected chi connectivity index (χ4v) is 13.0. The molecule has 11 rings (SSSR count). The first-order valence-corrected chi connectivity index (χ1v) is 19.4. The van der Waals surface area contributed by atoms with Crippen molar-refractivity contribution in [3.63, 3.8) is 0 Å². The van der Waals surface area contributed by atoms with Crippen LogP contribution in [0.2, 0.25) is 0 Å². The number of H-pyrrole nitrogens is 1. The van der Waals surface area contributed by atoms with E-state index in [2.05, 4.69) is 90.5 Å². The highest BCUT2D eigenvalue weighted by atomic mass is 16.3. The lowest BCUT2D eigenvalue weighted by atomic mass is 9.32. The van der Waals surface area contributed by atoms with E-state index in [1.165, 1.54) is 22.2 Å². The topological polar surface area (TPSA) is 76.6 Å². The second kappa shape index (κ2) is 10.9. The molecule has 3 saturated carbocycles. The number of benzene rings is 3. The minimum atomic E-state index is -0.851. The molecule has 1 aromatic heterocycles. The molecule has 51 heavy (non-hydrogen) atoms. The normalized spacial score (nSPS) is 38.1. The number of hydrogen-bond donors (Lipinski definition) is 3. The van der Waals surface area contributed by atoms with Crippen molar-refractivity contribution in [1.29, 1.82) is 0 Å². The van der Waals surface area contributed by atoms with E-state index < -0.39 is 11.0 Å². The number of para-hydroxylation sites is 1. The Kier molecular flexibility index (Phi) is 6.81. The number of rotatable bonds is 5. The van der Waals surface area contributed by atoms with Gasteiger partial charge in [0.1, 0.15) is 0 Å². The molecule has 2 heterocycles. The predicted molar refractivity (Wildman–Crippen MR) is 202 cm³/mol. The Balaban J connectivity index is 1.02.